The average molecular weight is 287 g/mol. The maximum Gasteiger partial charge on any atom is 0.262 e. The van der Waals surface area contributed by atoms with Crippen LogP contribution in [0.4, 0.5) is 0 Å². The van der Waals surface area contributed by atoms with Crippen LogP contribution in [0.5, 0.6) is 0 Å². The van der Waals surface area contributed by atoms with Crippen LogP contribution in [0.3, 0.4) is 0 Å². The average Bonchev–Trinajstić information content (AvgIpc) is 2.97. The third-order valence-corrected chi connectivity index (χ3v) is 2.81. The van der Waals surface area contributed by atoms with E-state index >= 15 is 0 Å². The molecule has 1 aromatic heterocycles. The Kier molecular flexibility index (Phi) is 4.59. The summed E-state index contributed by atoms with van der Waals surface area (Å²) in [5.74, 6) is 0.0158. The van der Waals surface area contributed by atoms with E-state index < -0.39 is 5.91 Å². The summed E-state index contributed by atoms with van der Waals surface area (Å²) >= 11 is 5.78. The molecule has 0 radical (unpaired) electrons. The molecular formula is C15H11ClN2O2. The molecule has 0 aliphatic carbocycles. The zero-order chi connectivity index (χ0) is 14.4. The highest BCUT2D eigenvalue weighted by Crippen LogP contribution is 2.10. The lowest BCUT2D eigenvalue weighted by Gasteiger charge is -2.04. The van der Waals surface area contributed by atoms with Gasteiger partial charge in [-0.25, -0.2) is 0 Å². The minimum atomic E-state index is -0.446. The van der Waals surface area contributed by atoms with Crippen molar-refractivity contribution in [1.29, 1.82) is 5.26 Å². The number of hydrogen-bond donors (Lipinski definition) is 1. The number of hydrogen-bond acceptors (Lipinski definition) is 3. The topological polar surface area (TPSA) is 66.0 Å². The minimum absolute atomic E-state index is 0.00564. The molecule has 0 spiro atoms. The highest BCUT2D eigenvalue weighted by atomic mass is 35.5. The fourth-order valence-corrected chi connectivity index (χ4v) is 1.67. The summed E-state index contributed by atoms with van der Waals surface area (Å²) in [5.41, 5.74) is 0.895. The van der Waals surface area contributed by atoms with Crippen LogP contribution >= 0.6 is 11.6 Å². The van der Waals surface area contributed by atoms with Crippen molar-refractivity contribution in [2.24, 2.45) is 0 Å². The largest absolute Gasteiger partial charge is 0.465 e. The Labute approximate surface area is 121 Å². The number of halogens is 1. The van der Waals surface area contributed by atoms with E-state index in [0.717, 1.165) is 5.56 Å². The number of rotatable bonds is 4. The van der Waals surface area contributed by atoms with Crippen LogP contribution in [-0.4, -0.2) is 5.91 Å². The Morgan fingerprint density at radius 2 is 2.10 bits per heavy atom. The molecule has 2 aromatic rings. The fourth-order valence-electron chi connectivity index (χ4n) is 1.54. The molecule has 0 aliphatic rings. The number of amides is 1. The van der Waals surface area contributed by atoms with Crippen LogP contribution in [0.15, 0.2) is 52.7 Å². The van der Waals surface area contributed by atoms with Gasteiger partial charge in [-0.05, 0) is 29.8 Å². The van der Waals surface area contributed by atoms with E-state index in [0.29, 0.717) is 17.3 Å². The molecule has 0 aliphatic heterocycles. The van der Waals surface area contributed by atoms with Gasteiger partial charge in [0.15, 0.2) is 0 Å². The quantitative estimate of drug-likeness (QED) is 0.693. The second-order valence-corrected chi connectivity index (χ2v) is 4.43. The first-order valence-electron chi connectivity index (χ1n) is 5.87. The predicted molar refractivity (Wildman–Crippen MR) is 75.6 cm³/mol. The van der Waals surface area contributed by atoms with Gasteiger partial charge in [0.25, 0.3) is 5.91 Å². The normalized spacial score (nSPS) is 10.9. The van der Waals surface area contributed by atoms with Crippen molar-refractivity contribution in [2.75, 3.05) is 0 Å². The van der Waals surface area contributed by atoms with E-state index in [4.69, 9.17) is 21.3 Å². The number of carbonyl (C=O) groups is 1. The van der Waals surface area contributed by atoms with Gasteiger partial charge in [-0.15, -0.1) is 0 Å². The van der Waals surface area contributed by atoms with Gasteiger partial charge in [0.05, 0.1) is 6.26 Å². The molecule has 0 saturated carbocycles. The molecule has 1 heterocycles. The lowest BCUT2D eigenvalue weighted by molar-refractivity contribution is -0.117. The molecule has 100 valence electrons. The third-order valence-electron chi connectivity index (χ3n) is 2.56. The first-order chi connectivity index (χ1) is 9.69. The molecular weight excluding hydrogens is 276 g/mol. The lowest BCUT2D eigenvalue weighted by Crippen LogP contribution is -2.23. The lowest BCUT2D eigenvalue weighted by atomic mass is 10.2. The molecule has 0 unspecified atom stereocenters. The van der Waals surface area contributed by atoms with Crippen LogP contribution in [-0.2, 0) is 11.3 Å². The van der Waals surface area contributed by atoms with Crippen LogP contribution < -0.4 is 5.32 Å². The van der Waals surface area contributed by atoms with E-state index in [1.807, 2.05) is 18.2 Å². The van der Waals surface area contributed by atoms with Gasteiger partial charge in [-0.3, -0.25) is 4.79 Å². The number of carbonyl (C=O) groups excluding carboxylic acids is 1. The summed E-state index contributed by atoms with van der Waals surface area (Å²) in [4.78, 5) is 11.9. The van der Waals surface area contributed by atoms with Crippen LogP contribution in [0.1, 0.15) is 11.3 Å². The molecule has 2 rings (SSSR count). The van der Waals surface area contributed by atoms with Crippen molar-refractivity contribution < 1.29 is 9.21 Å². The van der Waals surface area contributed by atoms with Gasteiger partial charge in [0.2, 0.25) is 0 Å². The van der Waals surface area contributed by atoms with Crippen molar-refractivity contribution in [2.45, 2.75) is 6.54 Å². The highest BCUT2D eigenvalue weighted by Gasteiger charge is 2.09. The van der Waals surface area contributed by atoms with Gasteiger partial charge in [-0.1, -0.05) is 23.7 Å². The summed E-state index contributed by atoms with van der Waals surface area (Å²) in [6.45, 7) is 0.327. The summed E-state index contributed by atoms with van der Waals surface area (Å²) in [6, 6.07) is 12.3. The summed E-state index contributed by atoms with van der Waals surface area (Å²) in [6.07, 6.45) is 2.88. The second-order valence-electron chi connectivity index (χ2n) is 3.99. The van der Waals surface area contributed by atoms with E-state index in [1.165, 1.54) is 12.3 Å². The maximum absolute atomic E-state index is 11.9. The monoisotopic (exact) mass is 286 g/mol. The molecule has 1 aromatic carbocycles. The van der Waals surface area contributed by atoms with Gasteiger partial charge in [0, 0.05) is 17.6 Å². The van der Waals surface area contributed by atoms with E-state index in [2.05, 4.69) is 5.32 Å². The molecule has 0 bridgehead atoms. The van der Waals surface area contributed by atoms with Gasteiger partial charge in [-0.2, -0.15) is 5.26 Å². The van der Waals surface area contributed by atoms with Crippen LogP contribution in [0.25, 0.3) is 6.08 Å². The Bertz CT molecular complexity index is 652. The Morgan fingerprint density at radius 3 is 2.70 bits per heavy atom. The predicted octanol–water partition coefficient (Wildman–Crippen LogP) is 3.16. The van der Waals surface area contributed by atoms with E-state index in [9.17, 15) is 4.79 Å². The van der Waals surface area contributed by atoms with Crippen molar-refractivity contribution in [3.63, 3.8) is 0 Å². The third kappa shape index (κ3) is 3.74. The maximum atomic E-state index is 11.9. The number of benzene rings is 1. The van der Waals surface area contributed by atoms with Gasteiger partial charge in [0.1, 0.15) is 17.4 Å². The van der Waals surface area contributed by atoms with Crippen LogP contribution in [0, 0.1) is 11.3 Å². The molecule has 4 nitrogen and oxygen atoms in total. The zero-order valence-electron chi connectivity index (χ0n) is 10.5. The number of furan rings is 1. The zero-order valence-corrected chi connectivity index (χ0v) is 11.2. The first kappa shape index (κ1) is 13.9. The number of nitrogens with zero attached hydrogens (tertiary/aromatic N) is 1. The standard InChI is InChI=1S/C15H11ClN2O2/c16-13-5-3-11(4-6-13)10-18-15(19)12(9-17)8-14-2-1-7-20-14/h1-8H,10H2,(H,18,19). The van der Waals surface area contributed by atoms with E-state index in [-0.39, 0.29) is 5.57 Å². The summed E-state index contributed by atoms with van der Waals surface area (Å²) in [7, 11) is 0. The molecule has 5 heteroatoms. The van der Waals surface area contributed by atoms with E-state index in [1.54, 1.807) is 24.3 Å². The number of nitriles is 1. The molecule has 0 atom stereocenters. The van der Waals surface area contributed by atoms with Crippen molar-refractivity contribution in [3.05, 3.63) is 64.6 Å². The summed E-state index contributed by atoms with van der Waals surface area (Å²) < 4.78 is 5.07. The van der Waals surface area contributed by atoms with Crippen molar-refractivity contribution >= 4 is 23.6 Å². The molecule has 1 N–H and O–H groups in total. The second kappa shape index (κ2) is 6.60. The summed E-state index contributed by atoms with van der Waals surface area (Å²) in [5, 5.41) is 12.3. The molecule has 1 amide bonds. The smallest absolute Gasteiger partial charge is 0.262 e. The van der Waals surface area contributed by atoms with Gasteiger partial charge >= 0.3 is 0 Å². The number of nitrogens with one attached hydrogen (secondary N) is 1. The Morgan fingerprint density at radius 1 is 1.35 bits per heavy atom. The molecule has 0 fully saturated rings. The SMILES string of the molecule is N#CC(=Cc1ccco1)C(=O)NCc1ccc(Cl)cc1. The molecule has 20 heavy (non-hydrogen) atoms. The minimum Gasteiger partial charge on any atom is -0.465 e. The van der Waals surface area contributed by atoms with Gasteiger partial charge < -0.3 is 9.73 Å². The Balaban J connectivity index is 2.00. The van der Waals surface area contributed by atoms with Crippen molar-refractivity contribution in [3.8, 4) is 6.07 Å². The first-order valence-corrected chi connectivity index (χ1v) is 6.25. The Hall–Kier alpha value is -2.51. The van der Waals surface area contributed by atoms with Crippen LogP contribution in [0.2, 0.25) is 5.02 Å². The van der Waals surface area contributed by atoms with Crippen molar-refractivity contribution in [1.82, 2.24) is 5.32 Å². The fraction of sp³-hybridized carbons (Fsp3) is 0.0667. The highest BCUT2D eigenvalue weighted by molar-refractivity contribution is 6.30. The molecule has 0 saturated heterocycles.